The molecule has 0 fully saturated rings. The van der Waals surface area contributed by atoms with E-state index >= 15 is 0 Å². The summed E-state index contributed by atoms with van der Waals surface area (Å²) >= 11 is 0. The molecular formula is C14H19FN2O. The Morgan fingerprint density at radius 3 is 2.83 bits per heavy atom. The molecule has 0 unspecified atom stereocenters. The molecule has 2 N–H and O–H groups in total. The molecule has 1 aromatic rings. The molecule has 1 amide bonds. The van der Waals surface area contributed by atoms with Crippen LogP contribution in [0.5, 0.6) is 0 Å². The van der Waals surface area contributed by atoms with Crippen LogP contribution in [0.3, 0.4) is 0 Å². The molecule has 1 aliphatic rings. The van der Waals surface area contributed by atoms with Crippen LogP contribution in [0.1, 0.15) is 31.2 Å². The van der Waals surface area contributed by atoms with Crippen LogP contribution in [0.4, 0.5) is 15.8 Å². The first kappa shape index (κ1) is 12.9. The minimum Gasteiger partial charge on any atom is -0.399 e. The maximum Gasteiger partial charge on any atom is 0.227 e. The number of hydrogen-bond acceptors (Lipinski definition) is 2. The number of aryl methyl sites for hydroxylation is 1. The lowest BCUT2D eigenvalue weighted by Gasteiger charge is -2.29. The summed E-state index contributed by atoms with van der Waals surface area (Å²) in [5, 5.41) is 0. The number of carbonyl (C=O) groups excluding carboxylic acids is 1. The number of carbonyl (C=O) groups is 1. The van der Waals surface area contributed by atoms with Gasteiger partial charge < -0.3 is 10.6 Å². The van der Waals surface area contributed by atoms with Gasteiger partial charge in [-0.15, -0.1) is 0 Å². The van der Waals surface area contributed by atoms with Gasteiger partial charge >= 0.3 is 0 Å². The molecular weight excluding hydrogens is 231 g/mol. The summed E-state index contributed by atoms with van der Waals surface area (Å²) in [7, 11) is 0. The average molecular weight is 250 g/mol. The second-order valence-electron chi connectivity index (χ2n) is 4.68. The lowest BCUT2D eigenvalue weighted by molar-refractivity contribution is -0.118. The molecule has 0 atom stereocenters. The lowest BCUT2D eigenvalue weighted by Crippen LogP contribution is -2.35. The summed E-state index contributed by atoms with van der Waals surface area (Å²) in [6.45, 7) is 0.400. The minimum atomic E-state index is -0.277. The third-order valence-electron chi connectivity index (χ3n) is 3.32. The summed E-state index contributed by atoms with van der Waals surface area (Å²) in [6.07, 6.45) is 3.56. The van der Waals surface area contributed by atoms with E-state index in [0.29, 0.717) is 19.4 Å². The molecule has 1 aromatic carbocycles. The van der Waals surface area contributed by atoms with E-state index in [4.69, 9.17) is 5.73 Å². The van der Waals surface area contributed by atoms with Crippen LogP contribution in [-0.2, 0) is 11.2 Å². The number of anilines is 2. The Morgan fingerprint density at radius 1 is 1.22 bits per heavy atom. The quantitative estimate of drug-likeness (QED) is 0.645. The van der Waals surface area contributed by atoms with E-state index in [-0.39, 0.29) is 12.6 Å². The van der Waals surface area contributed by atoms with Crippen molar-refractivity contribution in [3.63, 3.8) is 0 Å². The Kier molecular flexibility index (Phi) is 4.18. The predicted molar refractivity (Wildman–Crippen MR) is 71.4 cm³/mol. The van der Waals surface area contributed by atoms with E-state index in [1.54, 1.807) is 0 Å². The van der Waals surface area contributed by atoms with Crippen LogP contribution in [0.15, 0.2) is 18.2 Å². The molecule has 2 rings (SSSR count). The number of amides is 1. The first-order chi connectivity index (χ1) is 8.72. The van der Waals surface area contributed by atoms with Crippen molar-refractivity contribution < 1.29 is 9.18 Å². The van der Waals surface area contributed by atoms with Gasteiger partial charge in [0.25, 0.3) is 0 Å². The summed E-state index contributed by atoms with van der Waals surface area (Å²) in [5.74, 6) is 0.160. The molecule has 98 valence electrons. The van der Waals surface area contributed by atoms with Crippen LogP contribution in [0, 0.1) is 0 Å². The van der Waals surface area contributed by atoms with E-state index in [0.717, 1.165) is 36.2 Å². The van der Waals surface area contributed by atoms with Gasteiger partial charge in [-0.3, -0.25) is 9.18 Å². The largest absolute Gasteiger partial charge is 0.399 e. The fourth-order valence-corrected chi connectivity index (χ4v) is 2.37. The van der Waals surface area contributed by atoms with Crippen LogP contribution < -0.4 is 10.6 Å². The maximum absolute atomic E-state index is 12.0. The van der Waals surface area contributed by atoms with Crippen molar-refractivity contribution in [3.05, 3.63) is 23.8 Å². The van der Waals surface area contributed by atoms with Gasteiger partial charge in [-0.25, -0.2) is 0 Å². The molecule has 0 saturated heterocycles. The van der Waals surface area contributed by atoms with Gasteiger partial charge in [0.2, 0.25) is 5.91 Å². The Bertz CT molecular complexity index is 434. The lowest BCUT2D eigenvalue weighted by atomic mass is 10.00. The minimum absolute atomic E-state index is 0.160. The van der Waals surface area contributed by atoms with Crippen LogP contribution in [0.2, 0.25) is 0 Å². The molecule has 0 spiro atoms. The topological polar surface area (TPSA) is 46.3 Å². The van der Waals surface area contributed by atoms with Gasteiger partial charge in [0.1, 0.15) is 0 Å². The number of fused-ring (bicyclic) bond motifs is 1. The SMILES string of the molecule is Nc1ccc2c(c1)CCC(=O)N2CCCCCF. The van der Waals surface area contributed by atoms with Crippen molar-refractivity contribution in [2.75, 3.05) is 23.9 Å². The van der Waals surface area contributed by atoms with Gasteiger partial charge in [-0.1, -0.05) is 0 Å². The molecule has 0 bridgehead atoms. The second-order valence-corrected chi connectivity index (χ2v) is 4.68. The number of unbranched alkanes of at least 4 members (excludes halogenated alkanes) is 2. The molecule has 1 aliphatic heterocycles. The highest BCUT2D eigenvalue weighted by atomic mass is 19.1. The Hall–Kier alpha value is -1.58. The highest BCUT2D eigenvalue weighted by Crippen LogP contribution is 2.29. The molecule has 1 heterocycles. The maximum atomic E-state index is 12.0. The summed E-state index contributed by atoms with van der Waals surface area (Å²) in [4.78, 5) is 13.7. The average Bonchev–Trinajstić information content (AvgIpc) is 2.37. The molecule has 0 aliphatic carbocycles. The normalized spacial score (nSPS) is 14.7. The van der Waals surface area contributed by atoms with Gasteiger partial charge in [-0.2, -0.15) is 0 Å². The molecule has 0 aromatic heterocycles. The number of nitrogens with zero attached hydrogens (tertiary/aromatic N) is 1. The molecule has 0 radical (unpaired) electrons. The van der Waals surface area contributed by atoms with Gasteiger partial charge in [0.15, 0.2) is 0 Å². The zero-order chi connectivity index (χ0) is 13.0. The Morgan fingerprint density at radius 2 is 2.06 bits per heavy atom. The number of rotatable bonds is 5. The van der Waals surface area contributed by atoms with E-state index < -0.39 is 0 Å². The van der Waals surface area contributed by atoms with E-state index in [1.807, 2.05) is 23.1 Å². The highest BCUT2D eigenvalue weighted by Gasteiger charge is 2.23. The summed E-state index contributed by atoms with van der Waals surface area (Å²) in [5.41, 5.74) is 8.60. The fraction of sp³-hybridized carbons (Fsp3) is 0.500. The van der Waals surface area contributed by atoms with Crippen molar-refractivity contribution >= 4 is 17.3 Å². The number of nitrogen functional groups attached to an aromatic ring is 1. The van der Waals surface area contributed by atoms with Crippen LogP contribution in [-0.4, -0.2) is 19.1 Å². The first-order valence-electron chi connectivity index (χ1n) is 6.47. The number of benzene rings is 1. The zero-order valence-electron chi connectivity index (χ0n) is 10.5. The van der Waals surface area contributed by atoms with Crippen molar-refractivity contribution in [2.45, 2.75) is 32.1 Å². The fourth-order valence-electron chi connectivity index (χ4n) is 2.37. The van der Waals surface area contributed by atoms with Gasteiger partial charge in [0.05, 0.1) is 6.67 Å². The highest BCUT2D eigenvalue weighted by molar-refractivity contribution is 5.96. The Labute approximate surface area is 107 Å². The van der Waals surface area contributed by atoms with E-state index in [1.165, 1.54) is 0 Å². The molecule has 4 heteroatoms. The number of halogens is 1. The smallest absolute Gasteiger partial charge is 0.227 e. The van der Waals surface area contributed by atoms with Crippen LogP contribution >= 0.6 is 0 Å². The van der Waals surface area contributed by atoms with Crippen molar-refractivity contribution in [1.82, 2.24) is 0 Å². The number of hydrogen-bond donors (Lipinski definition) is 1. The third kappa shape index (κ3) is 2.81. The number of nitrogens with two attached hydrogens (primary N) is 1. The van der Waals surface area contributed by atoms with E-state index in [9.17, 15) is 9.18 Å². The predicted octanol–water partition coefficient (Wildman–Crippen LogP) is 2.69. The summed E-state index contributed by atoms with van der Waals surface area (Å²) in [6, 6.07) is 5.68. The molecule has 0 saturated carbocycles. The van der Waals surface area contributed by atoms with Crippen molar-refractivity contribution in [1.29, 1.82) is 0 Å². The van der Waals surface area contributed by atoms with Crippen molar-refractivity contribution in [3.8, 4) is 0 Å². The second kappa shape index (κ2) is 5.85. The van der Waals surface area contributed by atoms with E-state index in [2.05, 4.69) is 0 Å². The molecule has 3 nitrogen and oxygen atoms in total. The van der Waals surface area contributed by atoms with Gasteiger partial charge in [-0.05, 0) is 49.4 Å². The third-order valence-corrected chi connectivity index (χ3v) is 3.32. The monoisotopic (exact) mass is 250 g/mol. The number of alkyl halides is 1. The van der Waals surface area contributed by atoms with Crippen LogP contribution in [0.25, 0.3) is 0 Å². The molecule has 18 heavy (non-hydrogen) atoms. The summed E-state index contributed by atoms with van der Waals surface area (Å²) < 4.78 is 12.0. The zero-order valence-corrected chi connectivity index (χ0v) is 10.5. The Balaban J connectivity index is 2.08. The van der Waals surface area contributed by atoms with Gasteiger partial charge in [0, 0.05) is 24.3 Å². The standard InChI is InChI=1S/C14H19FN2O/c15-8-2-1-3-9-17-13-6-5-12(16)10-11(13)4-7-14(17)18/h5-6,10H,1-4,7-9,16H2. The first-order valence-corrected chi connectivity index (χ1v) is 6.47. The van der Waals surface area contributed by atoms with Crippen molar-refractivity contribution in [2.24, 2.45) is 0 Å².